The summed E-state index contributed by atoms with van der Waals surface area (Å²) in [7, 11) is 0. The highest BCUT2D eigenvalue weighted by molar-refractivity contribution is 5.34. The van der Waals surface area contributed by atoms with Crippen LogP contribution < -0.4 is 5.32 Å². The SMILES string of the molecule is CC(C)N1CCCC(Cc2ccc(NC3CCOCC3)nn2)C1. The Kier molecular flexibility index (Phi) is 5.84. The molecule has 0 aromatic carbocycles. The minimum atomic E-state index is 0.474. The van der Waals surface area contributed by atoms with Gasteiger partial charge in [0.1, 0.15) is 5.82 Å². The number of rotatable bonds is 5. The van der Waals surface area contributed by atoms with Gasteiger partial charge in [0.2, 0.25) is 0 Å². The minimum Gasteiger partial charge on any atom is -0.381 e. The predicted octanol–water partition coefficient (Wildman–Crippen LogP) is 2.73. The molecule has 1 atom stereocenters. The molecule has 0 radical (unpaired) electrons. The van der Waals surface area contributed by atoms with Crippen molar-refractivity contribution < 1.29 is 4.74 Å². The summed E-state index contributed by atoms with van der Waals surface area (Å²) in [4.78, 5) is 2.59. The van der Waals surface area contributed by atoms with Crippen molar-refractivity contribution in [3.05, 3.63) is 17.8 Å². The molecule has 5 nitrogen and oxygen atoms in total. The van der Waals surface area contributed by atoms with E-state index in [1.807, 2.05) is 0 Å². The van der Waals surface area contributed by atoms with Crippen LogP contribution in [-0.2, 0) is 11.2 Å². The van der Waals surface area contributed by atoms with E-state index < -0.39 is 0 Å². The Balaban J connectivity index is 1.50. The lowest BCUT2D eigenvalue weighted by molar-refractivity contribution is 0.0903. The van der Waals surface area contributed by atoms with Crippen LogP contribution >= 0.6 is 0 Å². The first kappa shape index (κ1) is 16.7. The fraction of sp³-hybridized carbons (Fsp3) is 0.778. The number of nitrogens with zero attached hydrogens (tertiary/aromatic N) is 3. The Morgan fingerprint density at radius 1 is 1.22 bits per heavy atom. The van der Waals surface area contributed by atoms with Crippen LogP contribution in [0.25, 0.3) is 0 Å². The molecule has 0 spiro atoms. The van der Waals surface area contributed by atoms with Gasteiger partial charge in [-0.15, -0.1) is 5.10 Å². The fourth-order valence-corrected chi connectivity index (χ4v) is 3.63. The largest absolute Gasteiger partial charge is 0.381 e. The van der Waals surface area contributed by atoms with Crippen molar-refractivity contribution in [2.75, 3.05) is 31.6 Å². The van der Waals surface area contributed by atoms with Gasteiger partial charge in [0.25, 0.3) is 0 Å². The number of hydrogen-bond donors (Lipinski definition) is 1. The van der Waals surface area contributed by atoms with Crippen molar-refractivity contribution in [1.29, 1.82) is 0 Å². The van der Waals surface area contributed by atoms with Gasteiger partial charge in [-0.05, 0) is 70.5 Å². The molecular weight excluding hydrogens is 288 g/mol. The molecule has 128 valence electrons. The van der Waals surface area contributed by atoms with Crippen molar-refractivity contribution >= 4 is 5.82 Å². The number of piperidine rings is 1. The van der Waals surface area contributed by atoms with Crippen molar-refractivity contribution in [2.24, 2.45) is 5.92 Å². The van der Waals surface area contributed by atoms with Crippen LogP contribution in [0.3, 0.4) is 0 Å². The maximum atomic E-state index is 5.39. The zero-order chi connectivity index (χ0) is 16.1. The van der Waals surface area contributed by atoms with Gasteiger partial charge in [0, 0.05) is 31.8 Å². The molecule has 2 aliphatic rings. The molecule has 1 aromatic rings. The lowest BCUT2D eigenvalue weighted by Crippen LogP contribution is -2.40. The van der Waals surface area contributed by atoms with E-state index in [4.69, 9.17) is 4.74 Å². The summed E-state index contributed by atoms with van der Waals surface area (Å²) in [5.74, 6) is 1.61. The highest BCUT2D eigenvalue weighted by Gasteiger charge is 2.22. The molecule has 1 N–H and O–H groups in total. The van der Waals surface area contributed by atoms with E-state index in [1.54, 1.807) is 0 Å². The van der Waals surface area contributed by atoms with Crippen molar-refractivity contribution in [3.8, 4) is 0 Å². The van der Waals surface area contributed by atoms with Crippen LogP contribution in [0.2, 0.25) is 0 Å². The van der Waals surface area contributed by atoms with E-state index in [2.05, 4.69) is 46.4 Å². The third kappa shape index (κ3) is 4.88. The first-order valence-corrected chi connectivity index (χ1v) is 9.11. The summed E-state index contributed by atoms with van der Waals surface area (Å²) < 4.78 is 5.39. The van der Waals surface area contributed by atoms with Crippen LogP contribution in [0.5, 0.6) is 0 Å². The molecule has 2 aliphatic heterocycles. The van der Waals surface area contributed by atoms with Crippen LogP contribution in [0.4, 0.5) is 5.82 Å². The molecule has 0 saturated carbocycles. The maximum absolute atomic E-state index is 5.39. The predicted molar refractivity (Wildman–Crippen MR) is 92.6 cm³/mol. The van der Waals surface area contributed by atoms with Gasteiger partial charge in [-0.2, -0.15) is 5.10 Å². The van der Waals surface area contributed by atoms with Gasteiger partial charge >= 0.3 is 0 Å². The fourth-order valence-electron chi connectivity index (χ4n) is 3.63. The summed E-state index contributed by atoms with van der Waals surface area (Å²) in [6, 6.07) is 5.35. The Hall–Kier alpha value is -1.20. The zero-order valence-corrected chi connectivity index (χ0v) is 14.5. The zero-order valence-electron chi connectivity index (χ0n) is 14.5. The van der Waals surface area contributed by atoms with E-state index in [0.717, 1.165) is 49.9 Å². The molecule has 3 rings (SSSR count). The van der Waals surface area contributed by atoms with Crippen LogP contribution in [0.1, 0.15) is 45.2 Å². The normalized spacial score (nSPS) is 24.0. The van der Waals surface area contributed by atoms with E-state index in [0.29, 0.717) is 12.1 Å². The summed E-state index contributed by atoms with van der Waals surface area (Å²) >= 11 is 0. The van der Waals surface area contributed by atoms with Gasteiger partial charge < -0.3 is 15.0 Å². The molecule has 5 heteroatoms. The second-order valence-electron chi connectivity index (χ2n) is 7.24. The molecule has 1 aromatic heterocycles. The summed E-state index contributed by atoms with van der Waals surface area (Å²) in [6.07, 6.45) is 5.77. The lowest BCUT2D eigenvalue weighted by atomic mass is 9.92. The van der Waals surface area contributed by atoms with Crippen molar-refractivity contribution in [3.63, 3.8) is 0 Å². The Morgan fingerprint density at radius 2 is 2.04 bits per heavy atom. The van der Waals surface area contributed by atoms with Crippen molar-refractivity contribution in [2.45, 2.75) is 58.0 Å². The van der Waals surface area contributed by atoms with Gasteiger partial charge in [0.15, 0.2) is 0 Å². The highest BCUT2D eigenvalue weighted by Crippen LogP contribution is 2.22. The average Bonchev–Trinajstić information content (AvgIpc) is 2.58. The number of hydrogen-bond acceptors (Lipinski definition) is 5. The van der Waals surface area contributed by atoms with E-state index in [-0.39, 0.29) is 0 Å². The monoisotopic (exact) mass is 318 g/mol. The van der Waals surface area contributed by atoms with Crippen LogP contribution in [0, 0.1) is 5.92 Å². The first-order chi connectivity index (χ1) is 11.2. The third-order valence-electron chi connectivity index (χ3n) is 5.07. The van der Waals surface area contributed by atoms with Gasteiger partial charge in [-0.1, -0.05) is 0 Å². The Bertz CT molecular complexity index is 470. The molecule has 0 aliphatic carbocycles. The van der Waals surface area contributed by atoms with Crippen LogP contribution in [0.15, 0.2) is 12.1 Å². The van der Waals surface area contributed by atoms with Gasteiger partial charge in [-0.3, -0.25) is 0 Å². The lowest BCUT2D eigenvalue weighted by Gasteiger charge is -2.35. The Labute approximate surface area is 139 Å². The molecule has 3 heterocycles. The second-order valence-corrected chi connectivity index (χ2v) is 7.24. The molecule has 2 fully saturated rings. The number of likely N-dealkylation sites (tertiary alicyclic amines) is 1. The quantitative estimate of drug-likeness (QED) is 0.904. The molecule has 0 bridgehead atoms. The van der Waals surface area contributed by atoms with Gasteiger partial charge in [0.05, 0.1) is 5.69 Å². The maximum Gasteiger partial charge on any atom is 0.148 e. The van der Waals surface area contributed by atoms with Crippen molar-refractivity contribution in [1.82, 2.24) is 15.1 Å². The number of aromatic nitrogens is 2. The standard InChI is InChI=1S/C18H30N4O/c1-14(2)22-9-3-4-15(13-22)12-17-5-6-18(21-20-17)19-16-7-10-23-11-8-16/h5-6,14-16H,3-4,7-13H2,1-2H3,(H,19,21). The number of ether oxygens (including phenoxy) is 1. The highest BCUT2D eigenvalue weighted by atomic mass is 16.5. The first-order valence-electron chi connectivity index (χ1n) is 9.11. The topological polar surface area (TPSA) is 50.3 Å². The molecule has 1 unspecified atom stereocenters. The molecular formula is C18H30N4O. The molecule has 0 amide bonds. The van der Waals surface area contributed by atoms with Gasteiger partial charge in [-0.25, -0.2) is 0 Å². The van der Waals surface area contributed by atoms with E-state index in [1.165, 1.54) is 25.9 Å². The van der Waals surface area contributed by atoms with E-state index in [9.17, 15) is 0 Å². The molecule has 2 saturated heterocycles. The second kappa shape index (κ2) is 8.06. The smallest absolute Gasteiger partial charge is 0.148 e. The third-order valence-corrected chi connectivity index (χ3v) is 5.07. The minimum absolute atomic E-state index is 0.474. The van der Waals surface area contributed by atoms with E-state index >= 15 is 0 Å². The number of nitrogens with one attached hydrogen (secondary N) is 1. The summed E-state index contributed by atoms with van der Waals surface area (Å²) in [6.45, 7) is 8.71. The van der Waals surface area contributed by atoms with Crippen LogP contribution in [-0.4, -0.2) is 53.5 Å². The number of anilines is 1. The Morgan fingerprint density at radius 3 is 2.74 bits per heavy atom. The summed E-state index contributed by atoms with van der Waals surface area (Å²) in [5.41, 5.74) is 1.12. The summed E-state index contributed by atoms with van der Waals surface area (Å²) in [5, 5.41) is 12.3. The average molecular weight is 318 g/mol. The molecule has 23 heavy (non-hydrogen) atoms.